The number of amides is 1. The third-order valence-corrected chi connectivity index (χ3v) is 2.82. The molecule has 1 rings (SSSR count). The van der Waals surface area contributed by atoms with Gasteiger partial charge in [0.15, 0.2) is 5.78 Å². The number of rotatable bonds is 4. The zero-order valence-corrected chi connectivity index (χ0v) is 9.21. The van der Waals surface area contributed by atoms with Crippen LogP contribution in [0.4, 0.5) is 0 Å². The van der Waals surface area contributed by atoms with Gasteiger partial charge in [-0.3, -0.25) is 14.4 Å². The van der Waals surface area contributed by atoms with Crippen molar-refractivity contribution < 1.29 is 14.4 Å². The van der Waals surface area contributed by atoms with Gasteiger partial charge in [-0.1, -0.05) is 0 Å². The van der Waals surface area contributed by atoms with Gasteiger partial charge in [-0.05, 0) is 26.2 Å². The SMILES string of the molecule is CC(=O)N[C@H](CC1CCCC1=O)C(C)=O. The molecule has 4 nitrogen and oxygen atoms in total. The van der Waals surface area contributed by atoms with Crippen LogP contribution < -0.4 is 5.32 Å². The first-order valence-electron chi connectivity index (χ1n) is 5.31. The van der Waals surface area contributed by atoms with Gasteiger partial charge >= 0.3 is 0 Å². The van der Waals surface area contributed by atoms with E-state index in [-0.39, 0.29) is 23.4 Å². The summed E-state index contributed by atoms with van der Waals surface area (Å²) in [4.78, 5) is 33.5. The minimum atomic E-state index is -0.491. The van der Waals surface area contributed by atoms with Crippen molar-refractivity contribution in [1.29, 1.82) is 0 Å². The fraction of sp³-hybridized carbons (Fsp3) is 0.727. The lowest BCUT2D eigenvalue weighted by Gasteiger charge is -2.17. The molecule has 0 spiro atoms. The zero-order chi connectivity index (χ0) is 11.4. The van der Waals surface area contributed by atoms with Crippen molar-refractivity contribution in [2.75, 3.05) is 0 Å². The van der Waals surface area contributed by atoms with Crippen molar-refractivity contribution in [2.45, 2.75) is 45.6 Å². The van der Waals surface area contributed by atoms with Crippen LogP contribution in [0.15, 0.2) is 0 Å². The van der Waals surface area contributed by atoms with E-state index in [1.165, 1.54) is 13.8 Å². The van der Waals surface area contributed by atoms with E-state index in [9.17, 15) is 14.4 Å². The Kier molecular flexibility index (Phi) is 4.00. The first kappa shape index (κ1) is 11.9. The third kappa shape index (κ3) is 3.46. The summed E-state index contributed by atoms with van der Waals surface area (Å²) in [5.41, 5.74) is 0. The van der Waals surface area contributed by atoms with Gasteiger partial charge in [-0.25, -0.2) is 0 Å². The average Bonchev–Trinajstić information content (AvgIpc) is 2.50. The maximum atomic E-state index is 11.4. The van der Waals surface area contributed by atoms with Crippen LogP contribution in [-0.2, 0) is 14.4 Å². The molecule has 15 heavy (non-hydrogen) atoms. The van der Waals surface area contributed by atoms with Crippen LogP contribution >= 0.6 is 0 Å². The topological polar surface area (TPSA) is 63.2 Å². The van der Waals surface area contributed by atoms with Crippen molar-refractivity contribution in [3.8, 4) is 0 Å². The van der Waals surface area contributed by atoms with E-state index < -0.39 is 6.04 Å². The summed E-state index contributed by atoms with van der Waals surface area (Å²) in [6.45, 7) is 2.83. The van der Waals surface area contributed by atoms with Gasteiger partial charge < -0.3 is 5.32 Å². The average molecular weight is 211 g/mol. The minimum Gasteiger partial charge on any atom is -0.347 e. The van der Waals surface area contributed by atoms with Gasteiger partial charge in [0.05, 0.1) is 6.04 Å². The highest BCUT2D eigenvalue weighted by atomic mass is 16.2. The second-order valence-electron chi connectivity index (χ2n) is 4.15. The van der Waals surface area contributed by atoms with Gasteiger partial charge in [0.25, 0.3) is 0 Å². The monoisotopic (exact) mass is 211 g/mol. The molecular formula is C11H17NO3. The highest BCUT2D eigenvalue weighted by Gasteiger charge is 2.29. The Morgan fingerprint density at radius 1 is 1.47 bits per heavy atom. The molecule has 0 aromatic heterocycles. The van der Waals surface area contributed by atoms with Gasteiger partial charge in [0.1, 0.15) is 5.78 Å². The fourth-order valence-corrected chi connectivity index (χ4v) is 1.99. The molecule has 0 heterocycles. The smallest absolute Gasteiger partial charge is 0.217 e. The number of Topliss-reactive ketones (excluding diaryl/α,β-unsaturated/α-hetero) is 2. The summed E-state index contributed by atoms with van der Waals surface area (Å²) in [7, 11) is 0. The van der Waals surface area contributed by atoms with Crippen LogP contribution in [0, 0.1) is 5.92 Å². The molecule has 0 radical (unpaired) electrons. The van der Waals surface area contributed by atoms with Crippen LogP contribution in [0.25, 0.3) is 0 Å². The van der Waals surface area contributed by atoms with Crippen molar-refractivity contribution in [3.63, 3.8) is 0 Å². The molecule has 1 aliphatic rings. The maximum absolute atomic E-state index is 11.4. The predicted octanol–water partition coefficient (Wildman–Crippen LogP) is 0.839. The fourth-order valence-electron chi connectivity index (χ4n) is 1.99. The molecule has 0 saturated heterocycles. The standard InChI is InChI=1S/C11H17NO3/c1-7(13)10(12-8(2)14)6-9-4-3-5-11(9)15/h9-10H,3-6H2,1-2H3,(H,12,14)/t9?,10-/m1/s1. The second kappa shape index (κ2) is 5.05. The lowest BCUT2D eigenvalue weighted by atomic mass is 9.95. The lowest BCUT2D eigenvalue weighted by Crippen LogP contribution is -2.40. The van der Waals surface area contributed by atoms with Crippen LogP contribution in [0.2, 0.25) is 0 Å². The number of nitrogens with one attached hydrogen (secondary N) is 1. The Morgan fingerprint density at radius 3 is 2.53 bits per heavy atom. The molecule has 1 fully saturated rings. The summed E-state index contributed by atoms with van der Waals surface area (Å²) in [5, 5.41) is 2.59. The van der Waals surface area contributed by atoms with E-state index in [1.807, 2.05) is 0 Å². The Balaban J connectivity index is 2.54. The molecule has 0 aromatic carbocycles. The van der Waals surface area contributed by atoms with E-state index in [0.717, 1.165) is 12.8 Å². The highest BCUT2D eigenvalue weighted by molar-refractivity contribution is 5.88. The first-order chi connectivity index (χ1) is 7.00. The van der Waals surface area contributed by atoms with Gasteiger partial charge in [-0.2, -0.15) is 0 Å². The van der Waals surface area contributed by atoms with E-state index in [4.69, 9.17) is 0 Å². The minimum absolute atomic E-state index is 0.0363. The maximum Gasteiger partial charge on any atom is 0.217 e. The molecular weight excluding hydrogens is 194 g/mol. The molecule has 1 amide bonds. The summed E-state index contributed by atoms with van der Waals surface area (Å²) < 4.78 is 0. The Bertz CT molecular complexity index is 286. The number of hydrogen-bond acceptors (Lipinski definition) is 3. The Morgan fingerprint density at radius 2 is 2.13 bits per heavy atom. The summed E-state index contributed by atoms with van der Waals surface area (Å²) in [5.74, 6) is -0.108. The zero-order valence-electron chi connectivity index (χ0n) is 9.21. The third-order valence-electron chi connectivity index (χ3n) is 2.82. The van der Waals surface area contributed by atoms with E-state index in [1.54, 1.807) is 0 Å². The van der Waals surface area contributed by atoms with Crippen LogP contribution in [0.3, 0.4) is 0 Å². The molecule has 1 aliphatic carbocycles. The summed E-state index contributed by atoms with van der Waals surface area (Å²) in [6, 6.07) is -0.491. The Labute approximate surface area is 89.4 Å². The molecule has 0 aliphatic heterocycles. The molecule has 2 atom stereocenters. The van der Waals surface area contributed by atoms with Crippen molar-refractivity contribution in [3.05, 3.63) is 0 Å². The van der Waals surface area contributed by atoms with E-state index in [2.05, 4.69) is 5.32 Å². The molecule has 84 valence electrons. The van der Waals surface area contributed by atoms with Crippen LogP contribution in [0.5, 0.6) is 0 Å². The first-order valence-corrected chi connectivity index (χ1v) is 5.31. The van der Waals surface area contributed by atoms with Crippen molar-refractivity contribution in [1.82, 2.24) is 5.32 Å². The Hall–Kier alpha value is -1.19. The molecule has 0 bridgehead atoms. The predicted molar refractivity (Wildman–Crippen MR) is 55.3 cm³/mol. The van der Waals surface area contributed by atoms with E-state index in [0.29, 0.717) is 12.8 Å². The molecule has 1 saturated carbocycles. The molecule has 1 N–H and O–H groups in total. The van der Waals surface area contributed by atoms with E-state index >= 15 is 0 Å². The van der Waals surface area contributed by atoms with Gasteiger partial charge in [0, 0.05) is 19.3 Å². The molecule has 4 heteroatoms. The van der Waals surface area contributed by atoms with Crippen molar-refractivity contribution >= 4 is 17.5 Å². The number of carbonyl (C=O) groups excluding carboxylic acids is 3. The largest absolute Gasteiger partial charge is 0.347 e. The second-order valence-corrected chi connectivity index (χ2v) is 4.15. The molecule has 1 unspecified atom stereocenters. The molecule has 0 aromatic rings. The van der Waals surface area contributed by atoms with Gasteiger partial charge in [0.2, 0.25) is 5.91 Å². The number of carbonyl (C=O) groups is 3. The highest BCUT2D eigenvalue weighted by Crippen LogP contribution is 2.25. The quantitative estimate of drug-likeness (QED) is 0.749. The van der Waals surface area contributed by atoms with Crippen molar-refractivity contribution in [2.24, 2.45) is 5.92 Å². The van der Waals surface area contributed by atoms with Gasteiger partial charge in [-0.15, -0.1) is 0 Å². The number of hydrogen-bond donors (Lipinski definition) is 1. The van der Waals surface area contributed by atoms with Crippen LogP contribution in [0.1, 0.15) is 39.5 Å². The summed E-state index contributed by atoms with van der Waals surface area (Å²) in [6.07, 6.45) is 2.85. The normalized spacial score (nSPS) is 22.5. The summed E-state index contributed by atoms with van der Waals surface area (Å²) >= 11 is 0. The lowest BCUT2D eigenvalue weighted by molar-refractivity contribution is -0.127. The van der Waals surface area contributed by atoms with Crippen LogP contribution in [-0.4, -0.2) is 23.5 Å². The number of ketones is 2.